The Bertz CT molecular complexity index is 936. The van der Waals surface area contributed by atoms with Crippen LogP contribution in [-0.2, 0) is 6.18 Å². The Labute approximate surface area is 145 Å². The fraction of sp³-hybridized carbons (Fsp3) is 0.0588. The molecule has 0 aliphatic heterocycles. The number of hydrogen-bond acceptors (Lipinski definition) is 5. The second-order valence-corrected chi connectivity index (χ2v) is 5.07. The predicted octanol–water partition coefficient (Wildman–Crippen LogP) is 3.52. The molecule has 0 saturated carbocycles. The lowest BCUT2D eigenvalue weighted by Gasteiger charge is -2.07. The van der Waals surface area contributed by atoms with Gasteiger partial charge in [0.05, 0.1) is 18.0 Å². The van der Waals surface area contributed by atoms with E-state index >= 15 is 0 Å². The van der Waals surface area contributed by atoms with Crippen molar-refractivity contribution in [3.63, 3.8) is 0 Å². The first-order valence-electron chi connectivity index (χ1n) is 7.30. The SMILES string of the molecule is O=C(N/N=C/c1ccc(-c2cccc(C(F)(F)F)c2)o1)c1cnccn1. The molecule has 0 aliphatic rings. The van der Waals surface area contributed by atoms with Crippen molar-refractivity contribution in [2.24, 2.45) is 5.10 Å². The highest BCUT2D eigenvalue weighted by Gasteiger charge is 2.30. The summed E-state index contributed by atoms with van der Waals surface area (Å²) in [6.07, 6.45) is 0.872. The Balaban J connectivity index is 1.69. The molecule has 3 aromatic rings. The zero-order valence-corrected chi connectivity index (χ0v) is 13.1. The quantitative estimate of drug-likeness (QED) is 0.570. The fourth-order valence-corrected chi connectivity index (χ4v) is 2.05. The lowest BCUT2D eigenvalue weighted by molar-refractivity contribution is -0.137. The van der Waals surface area contributed by atoms with Gasteiger partial charge in [0.25, 0.3) is 5.91 Å². The number of hydrogen-bond donors (Lipinski definition) is 1. The van der Waals surface area contributed by atoms with Crippen LogP contribution in [0.4, 0.5) is 13.2 Å². The minimum Gasteiger partial charge on any atom is -0.455 e. The largest absolute Gasteiger partial charge is 0.455 e. The summed E-state index contributed by atoms with van der Waals surface area (Å²) in [5.74, 6) is -0.0475. The van der Waals surface area contributed by atoms with E-state index < -0.39 is 17.6 Å². The number of nitrogens with zero attached hydrogens (tertiary/aromatic N) is 3. The number of hydrazone groups is 1. The molecule has 3 rings (SSSR count). The average Bonchev–Trinajstić information content (AvgIpc) is 3.11. The van der Waals surface area contributed by atoms with Gasteiger partial charge in [-0.05, 0) is 24.3 Å². The Morgan fingerprint density at radius 1 is 1.19 bits per heavy atom. The molecule has 26 heavy (non-hydrogen) atoms. The second kappa shape index (κ2) is 7.18. The Hall–Kier alpha value is -3.49. The molecule has 1 aromatic carbocycles. The van der Waals surface area contributed by atoms with Crippen molar-refractivity contribution in [1.82, 2.24) is 15.4 Å². The Morgan fingerprint density at radius 2 is 2.04 bits per heavy atom. The van der Waals surface area contributed by atoms with E-state index in [2.05, 4.69) is 20.5 Å². The van der Waals surface area contributed by atoms with Gasteiger partial charge in [-0.3, -0.25) is 9.78 Å². The molecule has 0 saturated heterocycles. The van der Waals surface area contributed by atoms with Crippen LogP contribution in [0.25, 0.3) is 11.3 Å². The van der Waals surface area contributed by atoms with E-state index in [0.717, 1.165) is 12.1 Å². The Morgan fingerprint density at radius 3 is 2.77 bits per heavy atom. The summed E-state index contributed by atoms with van der Waals surface area (Å²) >= 11 is 0. The van der Waals surface area contributed by atoms with Crippen molar-refractivity contribution in [3.05, 3.63) is 72.0 Å². The minimum atomic E-state index is -4.43. The zero-order valence-electron chi connectivity index (χ0n) is 13.1. The zero-order chi connectivity index (χ0) is 18.6. The molecule has 2 heterocycles. The molecule has 0 atom stereocenters. The number of carbonyl (C=O) groups is 1. The summed E-state index contributed by atoms with van der Waals surface area (Å²) in [5.41, 5.74) is 1.85. The maximum Gasteiger partial charge on any atom is 0.416 e. The topological polar surface area (TPSA) is 80.4 Å². The van der Waals surface area contributed by atoms with Crippen molar-refractivity contribution < 1.29 is 22.4 Å². The lowest BCUT2D eigenvalue weighted by atomic mass is 10.1. The highest BCUT2D eigenvalue weighted by Crippen LogP contribution is 2.32. The van der Waals surface area contributed by atoms with E-state index in [9.17, 15) is 18.0 Å². The molecule has 1 N–H and O–H groups in total. The summed E-state index contributed by atoms with van der Waals surface area (Å²) < 4.78 is 43.7. The number of halogens is 3. The maximum absolute atomic E-state index is 12.8. The van der Waals surface area contributed by atoms with Gasteiger partial charge in [-0.25, -0.2) is 10.4 Å². The van der Waals surface area contributed by atoms with Gasteiger partial charge in [0.2, 0.25) is 0 Å². The molecular weight excluding hydrogens is 349 g/mol. The summed E-state index contributed by atoms with van der Waals surface area (Å²) in [4.78, 5) is 19.3. The van der Waals surface area contributed by atoms with Gasteiger partial charge in [-0.1, -0.05) is 12.1 Å². The van der Waals surface area contributed by atoms with Gasteiger partial charge < -0.3 is 4.42 Å². The second-order valence-electron chi connectivity index (χ2n) is 5.07. The standard InChI is InChI=1S/C17H11F3N4O2/c18-17(19,20)12-3-1-2-11(8-12)15-5-4-13(26-15)9-23-24-16(25)14-10-21-6-7-22-14/h1-10H,(H,24,25)/b23-9+. The first-order chi connectivity index (χ1) is 12.4. The van der Waals surface area contributed by atoms with Crippen molar-refractivity contribution in [2.75, 3.05) is 0 Å². The molecule has 0 radical (unpaired) electrons. The highest BCUT2D eigenvalue weighted by atomic mass is 19.4. The van der Waals surface area contributed by atoms with Crippen LogP contribution in [-0.4, -0.2) is 22.1 Å². The molecule has 0 bridgehead atoms. The molecule has 6 nitrogen and oxygen atoms in total. The van der Waals surface area contributed by atoms with Crippen LogP contribution in [0.3, 0.4) is 0 Å². The minimum absolute atomic E-state index is 0.0914. The van der Waals surface area contributed by atoms with Crippen LogP contribution >= 0.6 is 0 Å². The summed E-state index contributed by atoms with van der Waals surface area (Å²) in [5, 5.41) is 3.72. The molecule has 132 valence electrons. The summed E-state index contributed by atoms with van der Waals surface area (Å²) in [7, 11) is 0. The van der Waals surface area contributed by atoms with Crippen LogP contribution in [0.15, 0.2) is 64.5 Å². The van der Waals surface area contributed by atoms with E-state index in [0.29, 0.717) is 0 Å². The van der Waals surface area contributed by atoms with Crippen molar-refractivity contribution >= 4 is 12.1 Å². The Kier molecular flexibility index (Phi) is 4.78. The van der Waals surface area contributed by atoms with E-state index in [-0.39, 0.29) is 22.8 Å². The normalized spacial score (nSPS) is 11.7. The van der Waals surface area contributed by atoms with Gasteiger partial charge in [-0.15, -0.1) is 0 Å². The van der Waals surface area contributed by atoms with Crippen LogP contribution in [0, 0.1) is 0 Å². The van der Waals surface area contributed by atoms with Crippen LogP contribution in [0.2, 0.25) is 0 Å². The van der Waals surface area contributed by atoms with Crippen LogP contribution in [0.1, 0.15) is 21.8 Å². The fourth-order valence-electron chi connectivity index (χ4n) is 2.05. The number of aromatic nitrogens is 2. The highest BCUT2D eigenvalue weighted by molar-refractivity contribution is 5.92. The van der Waals surface area contributed by atoms with Crippen LogP contribution < -0.4 is 5.43 Å². The lowest BCUT2D eigenvalue weighted by Crippen LogP contribution is -2.18. The number of furan rings is 1. The molecule has 0 aliphatic carbocycles. The monoisotopic (exact) mass is 360 g/mol. The molecule has 1 amide bonds. The van der Waals surface area contributed by atoms with Gasteiger partial charge in [-0.2, -0.15) is 18.3 Å². The smallest absolute Gasteiger partial charge is 0.416 e. The van der Waals surface area contributed by atoms with E-state index in [1.807, 2.05) is 0 Å². The third kappa shape index (κ3) is 4.12. The average molecular weight is 360 g/mol. The number of carbonyl (C=O) groups excluding carboxylic acids is 1. The van der Waals surface area contributed by atoms with E-state index in [1.165, 1.54) is 49.1 Å². The molecule has 9 heteroatoms. The van der Waals surface area contributed by atoms with E-state index in [1.54, 1.807) is 0 Å². The van der Waals surface area contributed by atoms with Gasteiger partial charge >= 0.3 is 6.18 Å². The molecule has 2 aromatic heterocycles. The number of amides is 1. The van der Waals surface area contributed by atoms with Crippen molar-refractivity contribution in [2.45, 2.75) is 6.18 Å². The van der Waals surface area contributed by atoms with Gasteiger partial charge in [0, 0.05) is 18.0 Å². The van der Waals surface area contributed by atoms with Gasteiger partial charge in [0.15, 0.2) is 0 Å². The van der Waals surface area contributed by atoms with Crippen LogP contribution in [0.5, 0.6) is 0 Å². The third-order valence-electron chi connectivity index (χ3n) is 3.25. The number of rotatable bonds is 4. The first-order valence-corrected chi connectivity index (χ1v) is 7.30. The van der Waals surface area contributed by atoms with E-state index in [4.69, 9.17) is 4.42 Å². The maximum atomic E-state index is 12.8. The third-order valence-corrected chi connectivity index (χ3v) is 3.25. The number of alkyl halides is 3. The van der Waals surface area contributed by atoms with Gasteiger partial charge in [0.1, 0.15) is 17.2 Å². The van der Waals surface area contributed by atoms with Crippen molar-refractivity contribution in [1.29, 1.82) is 0 Å². The molecule has 0 spiro atoms. The molecular formula is C17H11F3N4O2. The van der Waals surface area contributed by atoms with Crippen molar-refractivity contribution in [3.8, 4) is 11.3 Å². The summed E-state index contributed by atoms with van der Waals surface area (Å²) in [6, 6.07) is 7.82. The molecule has 0 unspecified atom stereocenters. The summed E-state index contributed by atoms with van der Waals surface area (Å²) in [6.45, 7) is 0. The molecule has 0 fully saturated rings. The predicted molar refractivity (Wildman–Crippen MR) is 86.2 cm³/mol. The number of benzene rings is 1. The number of nitrogens with one attached hydrogen (secondary N) is 1. The first kappa shape index (κ1) is 17.3.